The molecular weight excluding hydrogens is 1030 g/mol. The van der Waals surface area contributed by atoms with E-state index in [4.69, 9.17) is 18.7 Å². The maximum absolute atomic E-state index is 14.0. The van der Waals surface area contributed by atoms with Gasteiger partial charge in [-0.3, -0.25) is 4.90 Å². The van der Waals surface area contributed by atoms with Crippen LogP contribution in [-0.4, -0.2) is 72.6 Å². The third kappa shape index (κ3) is 14.5. The second-order valence-corrected chi connectivity index (χ2v) is 19.4. The zero-order chi connectivity index (χ0) is 49.8. The summed E-state index contributed by atoms with van der Waals surface area (Å²) in [6, 6.07) is 43.2. The molecule has 0 amide bonds. The van der Waals surface area contributed by atoms with Gasteiger partial charge in [-0.1, -0.05) is 107 Å². The van der Waals surface area contributed by atoms with Gasteiger partial charge in [-0.2, -0.15) is 27.0 Å². The number of aryl methyl sites for hydroxylation is 4. The molecule has 77 heavy (non-hydrogen) atoms. The SMILES string of the molecule is C.C.C.CO.Cc1ccc(-c2nnc(-c3ccc4c(c3)C[C@@](CO)(NCc3ccccc3)CC4)o2)cc1F.Cc1ccc(-c2nnc(-c3ccc4c(c3)C[C@@]3(CC4)COC(C)(C)N3Cc3ccccc3)o2)cc1F.Cl.S.S. The van der Waals surface area contributed by atoms with Crippen molar-refractivity contribution in [2.75, 3.05) is 20.3 Å². The largest absolute Gasteiger partial charge is 0.416 e. The highest BCUT2D eigenvalue weighted by Crippen LogP contribution is 2.45. The Morgan fingerprint density at radius 2 is 1.00 bits per heavy atom. The standard InChI is InChI=1S/C30H30FN3O2.C27H26FN3O2.CH4O.3CH4.ClH.2H2S/c1-20-9-10-24(16-26(20)31)28-33-32-27(36-28)23-12-11-22-13-14-30(17-25(22)15-23)19-35-29(2,3)34(30)18-21-7-5-4-6-8-21;1-18-7-8-22(14-24(18)28)26-31-30-25(33-26)21-10-9-20-11-12-27(17-32,15-23(20)13-21)29-16-19-5-3-2-4-6-19;1-2;;;;;;/h4-12,15-16H,13-14,17-19H2,1-3H3;2-10,13-14,29,32H,11-12,15-17H2,1H3;2H,1H3;3*1H4;1H;2*1H2/t30-;27-;;;;;;;/m00......./s1. The zero-order valence-electron chi connectivity index (χ0n) is 42.3. The number of benzene rings is 6. The van der Waals surface area contributed by atoms with Crippen molar-refractivity contribution in [1.82, 2.24) is 30.6 Å². The normalized spacial score (nSPS) is 17.5. The van der Waals surface area contributed by atoms with Crippen LogP contribution in [0.15, 0.2) is 142 Å². The molecule has 3 heterocycles. The van der Waals surface area contributed by atoms with Crippen LogP contribution in [0.25, 0.3) is 45.8 Å². The average Bonchev–Trinajstić information content (AvgIpc) is 4.16. The molecule has 414 valence electrons. The monoisotopic (exact) mass is 1110 g/mol. The van der Waals surface area contributed by atoms with Crippen LogP contribution in [0, 0.1) is 25.5 Å². The van der Waals surface area contributed by atoms with Gasteiger partial charge >= 0.3 is 0 Å². The Kier molecular flexibility index (Phi) is 24.0. The Morgan fingerprint density at radius 3 is 1.47 bits per heavy atom. The van der Waals surface area contributed by atoms with Crippen molar-refractivity contribution in [3.63, 3.8) is 0 Å². The Labute approximate surface area is 474 Å². The van der Waals surface area contributed by atoms with E-state index in [1.54, 1.807) is 38.1 Å². The van der Waals surface area contributed by atoms with Crippen LogP contribution in [-0.2, 0) is 43.5 Å². The molecule has 1 saturated heterocycles. The topological polar surface area (TPSA) is 143 Å². The highest BCUT2D eigenvalue weighted by Gasteiger charge is 2.52. The van der Waals surface area contributed by atoms with Gasteiger partial charge in [0, 0.05) is 48.0 Å². The molecule has 3 N–H and O–H groups in total. The summed E-state index contributed by atoms with van der Waals surface area (Å²) >= 11 is 0. The molecule has 2 aromatic heterocycles. The molecule has 1 fully saturated rings. The van der Waals surface area contributed by atoms with Crippen LogP contribution in [0.3, 0.4) is 0 Å². The Balaban J connectivity index is 0.000000366. The minimum Gasteiger partial charge on any atom is -0.416 e. The summed E-state index contributed by atoms with van der Waals surface area (Å²) < 4.78 is 46.2. The Bertz CT molecular complexity index is 3130. The van der Waals surface area contributed by atoms with E-state index in [1.165, 1.54) is 39.9 Å². The van der Waals surface area contributed by atoms with E-state index in [0.29, 0.717) is 59.5 Å². The second-order valence-electron chi connectivity index (χ2n) is 19.4. The lowest BCUT2D eigenvalue weighted by molar-refractivity contribution is -0.0673. The molecule has 16 heteroatoms. The summed E-state index contributed by atoms with van der Waals surface area (Å²) in [7, 11) is 1.00. The average molecular weight is 1110 g/mol. The number of ether oxygens (including phenoxy) is 1. The molecule has 11 nitrogen and oxygen atoms in total. The van der Waals surface area contributed by atoms with E-state index in [9.17, 15) is 13.9 Å². The highest BCUT2D eigenvalue weighted by molar-refractivity contribution is 7.59. The lowest BCUT2D eigenvalue weighted by atomic mass is 9.76. The first kappa shape index (κ1) is 65.5. The number of aliphatic hydroxyl groups is 2. The van der Waals surface area contributed by atoms with Crippen LogP contribution in [0.2, 0.25) is 0 Å². The number of fused-ring (bicyclic) bond motifs is 2. The van der Waals surface area contributed by atoms with E-state index < -0.39 is 0 Å². The van der Waals surface area contributed by atoms with Crippen molar-refractivity contribution in [2.45, 2.75) is 118 Å². The molecule has 0 saturated carbocycles. The van der Waals surface area contributed by atoms with Gasteiger partial charge in [-0.05, 0) is 159 Å². The van der Waals surface area contributed by atoms with Gasteiger partial charge in [0.15, 0.2) is 0 Å². The molecule has 1 aliphatic heterocycles. The van der Waals surface area contributed by atoms with Crippen LogP contribution in [0.1, 0.15) is 93.5 Å². The van der Waals surface area contributed by atoms with Gasteiger partial charge in [0.25, 0.3) is 0 Å². The number of rotatable bonds is 10. The summed E-state index contributed by atoms with van der Waals surface area (Å²) in [5.41, 5.74) is 10.8. The number of aliphatic hydroxyl groups excluding tert-OH is 2. The van der Waals surface area contributed by atoms with Crippen LogP contribution in [0.5, 0.6) is 0 Å². The summed E-state index contributed by atoms with van der Waals surface area (Å²) in [6.45, 7) is 10.1. The highest BCUT2D eigenvalue weighted by atomic mass is 35.5. The molecule has 0 radical (unpaired) electrons. The summed E-state index contributed by atoms with van der Waals surface area (Å²) in [6.07, 6.45) is 5.42. The fourth-order valence-electron chi connectivity index (χ4n) is 10.1. The first-order valence-corrected chi connectivity index (χ1v) is 24.1. The molecular formula is C61H77ClF2N6O5S2. The summed E-state index contributed by atoms with van der Waals surface area (Å²) in [5.74, 6) is 0.857. The number of aromatic nitrogens is 4. The minimum atomic E-state index is -0.374. The third-order valence-electron chi connectivity index (χ3n) is 14.3. The minimum absolute atomic E-state index is 0. The molecule has 3 aliphatic rings. The quantitative estimate of drug-likeness (QED) is 0.120. The van der Waals surface area contributed by atoms with E-state index in [1.807, 2.05) is 30.3 Å². The first-order chi connectivity index (χ1) is 34.4. The second kappa shape index (κ2) is 28.2. The molecule has 0 unspecified atom stereocenters. The zero-order valence-corrected chi connectivity index (χ0v) is 45.1. The summed E-state index contributed by atoms with van der Waals surface area (Å²) in [5, 5.41) is 37.6. The van der Waals surface area contributed by atoms with E-state index >= 15 is 0 Å². The molecule has 1 spiro atoms. The van der Waals surface area contributed by atoms with E-state index in [-0.39, 0.29) is 103 Å². The number of nitrogens with one attached hydrogen (secondary N) is 1. The van der Waals surface area contributed by atoms with E-state index in [0.717, 1.165) is 62.4 Å². The van der Waals surface area contributed by atoms with E-state index in [2.05, 4.69) is 111 Å². The van der Waals surface area contributed by atoms with Crippen molar-refractivity contribution >= 4 is 39.4 Å². The van der Waals surface area contributed by atoms with Gasteiger partial charge in [0.2, 0.25) is 23.6 Å². The molecule has 2 aliphatic carbocycles. The van der Waals surface area contributed by atoms with Crippen molar-refractivity contribution in [2.24, 2.45) is 0 Å². The van der Waals surface area contributed by atoms with Gasteiger partial charge in [-0.15, -0.1) is 32.8 Å². The molecule has 8 aromatic rings. The molecule has 2 atom stereocenters. The van der Waals surface area contributed by atoms with Crippen LogP contribution in [0.4, 0.5) is 8.78 Å². The number of nitrogens with zero attached hydrogens (tertiary/aromatic N) is 5. The van der Waals surface area contributed by atoms with Crippen LogP contribution >= 0.6 is 39.4 Å². The lowest BCUT2D eigenvalue weighted by Crippen LogP contribution is -2.54. The molecule has 0 bridgehead atoms. The fraction of sp³-hybridized carbons (Fsp3) is 0.344. The molecule has 6 aromatic carbocycles. The van der Waals surface area contributed by atoms with Crippen molar-refractivity contribution in [1.29, 1.82) is 0 Å². The maximum atomic E-state index is 14.0. The fourth-order valence-corrected chi connectivity index (χ4v) is 10.1. The predicted molar refractivity (Wildman–Crippen MR) is 318 cm³/mol. The van der Waals surface area contributed by atoms with Gasteiger partial charge < -0.3 is 29.1 Å². The lowest BCUT2D eigenvalue weighted by Gasteiger charge is -2.45. The smallest absolute Gasteiger partial charge is 0.248 e. The molecule has 11 rings (SSSR count). The number of halogens is 3. The van der Waals surface area contributed by atoms with Gasteiger partial charge in [0.05, 0.1) is 18.8 Å². The van der Waals surface area contributed by atoms with Crippen molar-refractivity contribution < 1.29 is 32.6 Å². The van der Waals surface area contributed by atoms with Crippen molar-refractivity contribution in [3.8, 4) is 45.8 Å². The Morgan fingerprint density at radius 1 is 0.571 bits per heavy atom. The first-order valence-electron chi connectivity index (χ1n) is 24.1. The Hall–Kier alpha value is -5.75. The maximum Gasteiger partial charge on any atom is 0.248 e. The van der Waals surface area contributed by atoms with Gasteiger partial charge in [-0.25, -0.2) is 8.78 Å². The third-order valence-corrected chi connectivity index (χ3v) is 14.3. The number of hydrogen-bond acceptors (Lipinski definition) is 11. The summed E-state index contributed by atoms with van der Waals surface area (Å²) in [4.78, 5) is 2.54. The van der Waals surface area contributed by atoms with Crippen molar-refractivity contribution in [3.05, 3.63) is 190 Å². The van der Waals surface area contributed by atoms with Gasteiger partial charge in [0.1, 0.15) is 17.4 Å². The number of hydrogen-bond donors (Lipinski definition) is 3. The van der Waals surface area contributed by atoms with Crippen LogP contribution < -0.4 is 5.32 Å². The predicted octanol–water partition coefficient (Wildman–Crippen LogP) is 13.4.